The number of allylic oxidation sites excluding steroid dienone is 1. The maximum absolute atomic E-state index is 11.5. The van der Waals surface area contributed by atoms with E-state index in [9.17, 15) is 9.59 Å². The van der Waals surface area contributed by atoms with Gasteiger partial charge in [0.15, 0.2) is 0 Å². The molecule has 0 heterocycles. The van der Waals surface area contributed by atoms with E-state index in [1.54, 1.807) is 0 Å². The van der Waals surface area contributed by atoms with Gasteiger partial charge in [0.1, 0.15) is 0 Å². The Morgan fingerprint density at radius 1 is 0.773 bits per heavy atom. The molecule has 0 rings (SSSR count). The highest BCUT2D eigenvalue weighted by molar-refractivity contribution is 5.72. The van der Waals surface area contributed by atoms with Crippen LogP contribution in [0.3, 0.4) is 0 Å². The van der Waals surface area contributed by atoms with Gasteiger partial charge in [-0.1, -0.05) is 51.7 Å². The Labute approximate surface area is 135 Å². The van der Waals surface area contributed by atoms with Crippen LogP contribution in [0.5, 0.6) is 0 Å². The first kappa shape index (κ1) is 20.7. The predicted octanol–water partition coefficient (Wildman–Crippen LogP) is 4.57. The zero-order chi connectivity index (χ0) is 16.5. The Bertz CT molecular complexity index is 310. The van der Waals surface area contributed by atoms with Crippen molar-refractivity contribution >= 4 is 11.9 Å². The van der Waals surface area contributed by atoms with Crippen molar-refractivity contribution < 1.29 is 19.1 Å². The minimum absolute atomic E-state index is 0.214. The second-order valence-electron chi connectivity index (χ2n) is 5.38. The third kappa shape index (κ3) is 15.1. The van der Waals surface area contributed by atoms with Gasteiger partial charge in [-0.2, -0.15) is 0 Å². The largest absolute Gasteiger partial charge is 0.466 e. The molecule has 0 aromatic rings. The number of rotatable bonds is 14. The maximum atomic E-state index is 11.5. The van der Waals surface area contributed by atoms with Crippen LogP contribution < -0.4 is 0 Å². The molecule has 4 heteroatoms. The molecule has 0 amide bonds. The number of esters is 2. The van der Waals surface area contributed by atoms with Crippen LogP contribution in [0.2, 0.25) is 0 Å². The van der Waals surface area contributed by atoms with Crippen molar-refractivity contribution in [2.45, 2.75) is 78.1 Å². The highest BCUT2D eigenvalue weighted by Gasteiger charge is 2.06. The van der Waals surface area contributed by atoms with Gasteiger partial charge in [-0.25, -0.2) is 0 Å². The second-order valence-corrected chi connectivity index (χ2v) is 5.38. The van der Waals surface area contributed by atoms with E-state index in [0.717, 1.165) is 25.7 Å². The lowest BCUT2D eigenvalue weighted by Crippen LogP contribution is -2.09. The van der Waals surface area contributed by atoms with E-state index in [-0.39, 0.29) is 18.4 Å². The molecule has 0 aromatic carbocycles. The predicted molar refractivity (Wildman–Crippen MR) is 88.6 cm³/mol. The summed E-state index contributed by atoms with van der Waals surface area (Å²) in [7, 11) is 0. The number of carbonyl (C=O) groups excluding carboxylic acids is 2. The lowest BCUT2D eigenvalue weighted by atomic mass is 10.2. The van der Waals surface area contributed by atoms with Crippen molar-refractivity contribution in [3.05, 3.63) is 12.2 Å². The lowest BCUT2D eigenvalue weighted by molar-refractivity contribution is -0.145. The summed E-state index contributed by atoms with van der Waals surface area (Å²) in [5.74, 6) is -0.452. The summed E-state index contributed by atoms with van der Waals surface area (Å²) in [6.45, 7) is 5.15. The van der Waals surface area contributed by atoms with E-state index >= 15 is 0 Å². The maximum Gasteiger partial charge on any atom is 0.305 e. The Morgan fingerprint density at radius 2 is 1.41 bits per heavy atom. The van der Waals surface area contributed by atoms with Gasteiger partial charge in [0.05, 0.1) is 13.2 Å². The molecule has 0 saturated heterocycles. The van der Waals surface area contributed by atoms with Crippen molar-refractivity contribution in [3.8, 4) is 0 Å². The first-order valence-corrected chi connectivity index (χ1v) is 8.66. The zero-order valence-electron chi connectivity index (χ0n) is 14.3. The fourth-order valence-corrected chi connectivity index (χ4v) is 1.94. The molecule has 22 heavy (non-hydrogen) atoms. The van der Waals surface area contributed by atoms with Crippen LogP contribution in [0.25, 0.3) is 0 Å². The van der Waals surface area contributed by atoms with Gasteiger partial charge >= 0.3 is 11.9 Å². The van der Waals surface area contributed by atoms with Gasteiger partial charge in [-0.3, -0.25) is 9.59 Å². The molecule has 0 aromatic heterocycles. The standard InChI is InChI=1S/C18H32O4/c1-3-5-7-9-11-16-22-18(20)14-12-13-17(19)21-15-10-8-6-4-2/h6,8H,3-5,7,9-16H2,1-2H3/b8-6+. The van der Waals surface area contributed by atoms with E-state index < -0.39 is 0 Å². The SMILES string of the molecule is CC/C=C/CCOC(=O)CCCC(=O)OCCCCCCC. The van der Waals surface area contributed by atoms with E-state index in [2.05, 4.69) is 13.8 Å². The number of unbranched alkanes of at least 4 members (excludes halogenated alkanes) is 4. The summed E-state index contributed by atoms with van der Waals surface area (Å²) in [6, 6.07) is 0. The topological polar surface area (TPSA) is 52.6 Å². The molecular weight excluding hydrogens is 280 g/mol. The molecule has 0 unspecified atom stereocenters. The number of ether oxygens (including phenoxy) is 2. The number of hydrogen-bond donors (Lipinski definition) is 0. The highest BCUT2D eigenvalue weighted by Crippen LogP contribution is 2.04. The monoisotopic (exact) mass is 312 g/mol. The minimum Gasteiger partial charge on any atom is -0.466 e. The molecule has 0 bridgehead atoms. The summed E-state index contributed by atoms with van der Waals surface area (Å²) in [5, 5.41) is 0. The number of carbonyl (C=O) groups is 2. The van der Waals surface area contributed by atoms with Crippen molar-refractivity contribution in [2.24, 2.45) is 0 Å². The quantitative estimate of drug-likeness (QED) is 0.268. The Kier molecular flexibility index (Phi) is 15.1. The van der Waals surface area contributed by atoms with Crippen molar-refractivity contribution in [1.82, 2.24) is 0 Å². The third-order valence-electron chi connectivity index (χ3n) is 3.22. The molecule has 0 aliphatic rings. The van der Waals surface area contributed by atoms with Gasteiger partial charge in [0.2, 0.25) is 0 Å². The summed E-state index contributed by atoms with van der Waals surface area (Å²) in [6.07, 6.45) is 12.6. The van der Waals surface area contributed by atoms with Crippen LogP contribution in [0, 0.1) is 0 Å². The molecular formula is C18H32O4. The fourth-order valence-electron chi connectivity index (χ4n) is 1.94. The molecule has 0 aliphatic carbocycles. The van der Waals surface area contributed by atoms with Gasteiger partial charge in [0, 0.05) is 12.8 Å². The highest BCUT2D eigenvalue weighted by atomic mass is 16.5. The van der Waals surface area contributed by atoms with Crippen LogP contribution in [0.15, 0.2) is 12.2 Å². The van der Waals surface area contributed by atoms with Crippen LogP contribution in [0.4, 0.5) is 0 Å². The van der Waals surface area contributed by atoms with Crippen molar-refractivity contribution in [3.63, 3.8) is 0 Å². The Morgan fingerprint density at radius 3 is 2.05 bits per heavy atom. The normalized spacial score (nSPS) is 10.8. The van der Waals surface area contributed by atoms with Crippen LogP contribution in [0.1, 0.15) is 78.1 Å². The van der Waals surface area contributed by atoms with Crippen LogP contribution in [-0.2, 0) is 19.1 Å². The van der Waals surface area contributed by atoms with E-state index in [1.165, 1.54) is 19.3 Å². The molecule has 0 radical (unpaired) electrons. The molecule has 0 atom stereocenters. The Balaban J connectivity index is 3.39. The van der Waals surface area contributed by atoms with Gasteiger partial charge < -0.3 is 9.47 Å². The van der Waals surface area contributed by atoms with Crippen LogP contribution in [-0.4, -0.2) is 25.2 Å². The smallest absolute Gasteiger partial charge is 0.305 e. The first-order chi connectivity index (χ1) is 10.7. The summed E-state index contributed by atoms with van der Waals surface area (Å²) in [4.78, 5) is 22.9. The average Bonchev–Trinajstić information content (AvgIpc) is 2.50. The second kappa shape index (κ2) is 16.1. The summed E-state index contributed by atoms with van der Waals surface area (Å²) >= 11 is 0. The van der Waals surface area contributed by atoms with Gasteiger partial charge in [-0.15, -0.1) is 0 Å². The molecule has 0 fully saturated rings. The van der Waals surface area contributed by atoms with E-state index in [0.29, 0.717) is 26.1 Å². The molecule has 0 N–H and O–H groups in total. The zero-order valence-corrected chi connectivity index (χ0v) is 14.3. The van der Waals surface area contributed by atoms with Crippen LogP contribution >= 0.6 is 0 Å². The number of hydrogen-bond acceptors (Lipinski definition) is 4. The third-order valence-corrected chi connectivity index (χ3v) is 3.22. The van der Waals surface area contributed by atoms with Gasteiger partial charge in [0.25, 0.3) is 0 Å². The van der Waals surface area contributed by atoms with Crippen molar-refractivity contribution in [1.29, 1.82) is 0 Å². The Hall–Kier alpha value is -1.32. The average molecular weight is 312 g/mol. The minimum atomic E-state index is -0.239. The van der Waals surface area contributed by atoms with E-state index in [1.807, 2.05) is 12.2 Å². The lowest BCUT2D eigenvalue weighted by Gasteiger charge is -2.05. The molecule has 4 nitrogen and oxygen atoms in total. The van der Waals surface area contributed by atoms with Gasteiger partial charge in [-0.05, 0) is 25.7 Å². The fraction of sp³-hybridized carbons (Fsp3) is 0.778. The molecule has 0 saturated carbocycles. The first-order valence-electron chi connectivity index (χ1n) is 8.66. The molecule has 128 valence electrons. The van der Waals surface area contributed by atoms with Crippen molar-refractivity contribution in [2.75, 3.05) is 13.2 Å². The summed E-state index contributed by atoms with van der Waals surface area (Å²) < 4.78 is 10.2. The van der Waals surface area contributed by atoms with E-state index in [4.69, 9.17) is 9.47 Å². The molecule has 0 aliphatic heterocycles. The molecule has 0 spiro atoms. The summed E-state index contributed by atoms with van der Waals surface area (Å²) in [5.41, 5.74) is 0.